The van der Waals surface area contributed by atoms with E-state index in [0.29, 0.717) is 12.0 Å². The topological polar surface area (TPSA) is 14.1 Å². The van der Waals surface area contributed by atoms with Gasteiger partial charge in [-0.05, 0) is 26.2 Å². The second kappa shape index (κ2) is 4.13. The quantitative estimate of drug-likeness (QED) is 0.656. The van der Waals surface area contributed by atoms with E-state index in [1.807, 2.05) is 0 Å². The first kappa shape index (κ1) is 12.5. The molecule has 0 N–H and O–H groups in total. The van der Waals surface area contributed by atoms with E-state index in [-0.39, 0.29) is 11.0 Å². The van der Waals surface area contributed by atoms with Crippen molar-refractivity contribution in [2.24, 2.45) is 11.3 Å². The zero-order valence-electron chi connectivity index (χ0n) is 10.9. The Balaban J connectivity index is 2.79. The summed E-state index contributed by atoms with van der Waals surface area (Å²) < 4.78 is 0. The van der Waals surface area contributed by atoms with Gasteiger partial charge in [-0.1, -0.05) is 45.1 Å². The highest BCUT2D eigenvalue weighted by molar-refractivity contribution is 5.21. The summed E-state index contributed by atoms with van der Waals surface area (Å²) in [5.74, 6) is 0.476. The fourth-order valence-corrected chi connectivity index (χ4v) is 1.93. The third-order valence-electron chi connectivity index (χ3n) is 2.56. The third-order valence-corrected chi connectivity index (χ3v) is 2.56. The monoisotopic (exact) mass is 206 g/mol. The minimum absolute atomic E-state index is 0.0439. The fourth-order valence-electron chi connectivity index (χ4n) is 1.93. The second-order valence-corrected chi connectivity index (χ2v) is 6.46. The highest BCUT2D eigenvalue weighted by Gasteiger charge is 2.34. The zero-order valence-corrected chi connectivity index (χ0v) is 10.9. The minimum atomic E-state index is 0.0439. The lowest BCUT2D eigenvalue weighted by molar-refractivity contribution is 0.189. The van der Waals surface area contributed by atoms with Gasteiger partial charge in [0.25, 0.3) is 0 Å². The van der Waals surface area contributed by atoms with Gasteiger partial charge < -0.3 is 0 Å². The maximum absolute atomic E-state index is 4.96. The van der Waals surface area contributed by atoms with Gasteiger partial charge in [0.1, 0.15) is 0 Å². The van der Waals surface area contributed by atoms with Crippen LogP contribution in [0.5, 0.6) is 0 Å². The molecule has 1 rings (SSSR count). The van der Waals surface area contributed by atoms with E-state index in [4.69, 9.17) is 5.32 Å². The molecule has 1 heteroatoms. The normalized spacial score (nSPS) is 19.9. The van der Waals surface area contributed by atoms with E-state index >= 15 is 0 Å². The molecule has 0 aliphatic heterocycles. The summed E-state index contributed by atoms with van der Waals surface area (Å²) in [4.78, 5) is 0. The molecule has 0 saturated heterocycles. The predicted octanol–water partition coefficient (Wildman–Crippen LogP) is 3.55. The van der Waals surface area contributed by atoms with Crippen LogP contribution in [0.25, 0.3) is 0 Å². The van der Waals surface area contributed by atoms with Gasteiger partial charge in [-0.25, -0.2) is 5.32 Å². The van der Waals surface area contributed by atoms with Crippen LogP contribution in [-0.4, -0.2) is 11.6 Å². The maximum atomic E-state index is 4.96. The van der Waals surface area contributed by atoms with Crippen LogP contribution in [0.1, 0.15) is 41.5 Å². The average Bonchev–Trinajstić information content (AvgIpc) is 2.47. The maximum Gasteiger partial charge on any atom is 0.0398 e. The second-order valence-electron chi connectivity index (χ2n) is 6.46. The Morgan fingerprint density at radius 3 is 1.73 bits per heavy atom. The molecule has 0 aromatic rings. The highest BCUT2D eigenvalue weighted by Crippen LogP contribution is 2.31. The third kappa shape index (κ3) is 3.83. The molecule has 1 nitrogen and oxygen atoms in total. The molecule has 1 atom stereocenters. The Kier molecular flexibility index (Phi) is 3.44. The fraction of sp³-hybridized carbons (Fsp3) is 0.714. The zero-order chi connectivity index (χ0) is 11.7. The summed E-state index contributed by atoms with van der Waals surface area (Å²) in [5.41, 5.74) is 0.263. The minimum Gasteiger partial charge on any atom is -0.231 e. The molecular formula is C14H24N. The van der Waals surface area contributed by atoms with Gasteiger partial charge in [-0.2, -0.15) is 0 Å². The van der Waals surface area contributed by atoms with Crippen molar-refractivity contribution >= 4 is 0 Å². The molecule has 1 radical (unpaired) electrons. The molecule has 0 saturated carbocycles. The van der Waals surface area contributed by atoms with E-state index in [1.165, 1.54) is 0 Å². The van der Waals surface area contributed by atoms with Gasteiger partial charge in [0, 0.05) is 17.5 Å². The first-order chi connectivity index (χ1) is 6.70. The Morgan fingerprint density at radius 1 is 0.933 bits per heavy atom. The van der Waals surface area contributed by atoms with Crippen LogP contribution < -0.4 is 5.32 Å². The summed E-state index contributed by atoms with van der Waals surface area (Å²) in [7, 11) is 0. The molecule has 0 spiro atoms. The van der Waals surface area contributed by atoms with Gasteiger partial charge >= 0.3 is 0 Å². The molecule has 1 aliphatic carbocycles. The lowest BCUT2D eigenvalue weighted by Gasteiger charge is -2.38. The summed E-state index contributed by atoms with van der Waals surface area (Å²) in [5, 5.41) is 4.96. The first-order valence-corrected chi connectivity index (χ1v) is 5.77. The average molecular weight is 206 g/mol. The first-order valence-electron chi connectivity index (χ1n) is 5.77. The van der Waals surface area contributed by atoms with Gasteiger partial charge in [0.05, 0.1) is 0 Å². The molecule has 0 aromatic heterocycles. The summed E-state index contributed by atoms with van der Waals surface area (Å²) in [6, 6.07) is 0.368. The largest absolute Gasteiger partial charge is 0.231 e. The van der Waals surface area contributed by atoms with E-state index < -0.39 is 0 Å². The van der Waals surface area contributed by atoms with Crippen molar-refractivity contribution in [2.75, 3.05) is 0 Å². The summed E-state index contributed by atoms with van der Waals surface area (Å²) in [6.45, 7) is 13.3. The van der Waals surface area contributed by atoms with Crippen molar-refractivity contribution < 1.29 is 0 Å². The SMILES string of the molecule is CC(C)(C)[N][C@H](C1C=CC=C1)C(C)(C)C. The number of nitrogens with zero attached hydrogens (tertiary/aromatic N) is 1. The smallest absolute Gasteiger partial charge is 0.0398 e. The summed E-state index contributed by atoms with van der Waals surface area (Å²) in [6.07, 6.45) is 8.76. The Hall–Kier alpha value is -0.560. The molecule has 0 heterocycles. The molecule has 0 bridgehead atoms. The van der Waals surface area contributed by atoms with E-state index in [0.717, 1.165) is 0 Å². The van der Waals surface area contributed by atoms with Crippen LogP contribution in [0, 0.1) is 11.3 Å². The lowest BCUT2D eigenvalue weighted by Crippen LogP contribution is -2.47. The number of hydrogen-bond acceptors (Lipinski definition) is 0. The van der Waals surface area contributed by atoms with Gasteiger partial charge in [0.2, 0.25) is 0 Å². The molecular weight excluding hydrogens is 182 g/mol. The lowest BCUT2D eigenvalue weighted by atomic mass is 9.78. The summed E-state index contributed by atoms with van der Waals surface area (Å²) >= 11 is 0. The van der Waals surface area contributed by atoms with Crippen molar-refractivity contribution in [3.05, 3.63) is 24.3 Å². The van der Waals surface area contributed by atoms with E-state index in [9.17, 15) is 0 Å². The number of allylic oxidation sites excluding steroid dienone is 2. The number of hydrogen-bond donors (Lipinski definition) is 0. The Labute approximate surface area is 94.6 Å². The molecule has 85 valence electrons. The van der Waals surface area contributed by atoms with E-state index in [2.05, 4.69) is 65.8 Å². The van der Waals surface area contributed by atoms with Crippen molar-refractivity contribution in [3.63, 3.8) is 0 Å². The highest BCUT2D eigenvalue weighted by atomic mass is 15.0. The standard InChI is InChI=1S/C14H24N/c1-13(2,3)12(15-14(4,5)6)11-9-7-8-10-11/h7-12H,1-6H3/t12-/m1/s1. The van der Waals surface area contributed by atoms with E-state index in [1.54, 1.807) is 0 Å². The molecule has 0 aromatic carbocycles. The van der Waals surface area contributed by atoms with Crippen LogP contribution in [0.15, 0.2) is 24.3 Å². The Bertz CT molecular complexity index is 248. The van der Waals surface area contributed by atoms with Crippen LogP contribution in [0.4, 0.5) is 0 Å². The van der Waals surface area contributed by atoms with Gasteiger partial charge in [0.15, 0.2) is 0 Å². The van der Waals surface area contributed by atoms with Gasteiger partial charge in [-0.15, -0.1) is 0 Å². The van der Waals surface area contributed by atoms with Crippen LogP contribution in [0.3, 0.4) is 0 Å². The van der Waals surface area contributed by atoms with Crippen molar-refractivity contribution in [2.45, 2.75) is 53.1 Å². The predicted molar refractivity (Wildman–Crippen MR) is 66.9 cm³/mol. The molecule has 0 fully saturated rings. The van der Waals surface area contributed by atoms with Crippen LogP contribution >= 0.6 is 0 Å². The van der Waals surface area contributed by atoms with Gasteiger partial charge in [-0.3, -0.25) is 0 Å². The molecule has 15 heavy (non-hydrogen) atoms. The molecule has 1 aliphatic rings. The van der Waals surface area contributed by atoms with Crippen molar-refractivity contribution in [1.82, 2.24) is 5.32 Å². The Morgan fingerprint density at radius 2 is 1.40 bits per heavy atom. The van der Waals surface area contributed by atoms with Crippen LogP contribution in [0.2, 0.25) is 0 Å². The van der Waals surface area contributed by atoms with Crippen molar-refractivity contribution in [1.29, 1.82) is 0 Å². The molecule has 0 amide bonds. The molecule has 0 unspecified atom stereocenters. The van der Waals surface area contributed by atoms with Crippen LogP contribution in [-0.2, 0) is 0 Å². The number of rotatable bonds is 2. The van der Waals surface area contributed by atoms with Crippen molar-refractivity contribution in [3.8, 4) is 0 Å².